The highest BCUT2D eigenvalue weighted by Crippen LogP contribution is 2.14. The fraction of sp³-hybridized carbons (Fsp3) is 0.0714. The summed E-state index contributed by atoms with van der Waals surface area (Å²) in [5, 5.41) is 14.2. The first-order valence-corrected chi connectivity index (χ1v) is 6.67. The molecule has 0 spiro atoms. The number of carbonyl (C=O) groups is 2. The predicted molar refractivity (Wildman–Crippen MR) is 77.5 cm³/mol. The Kier molecular flexibility index (Phi) is 4.27. The molecule has 20 heavy (non-hydrogen) atoms. The van der Waals surface area contributed by atoms with Crippen molar-refractivity contribution >= 4 is 33.9 Å². The number of nitrogens with zero attached hydrogens (tertiary/aromatic N) is 1. The molecule has 0 fully saturated rings. The summed E-state index contributed by atoms with van der Waals surface area (Å²) in [6.07, 6.45) is 2.42. The number of amides is 1. The van der Waals surface area contributed by atoms with Gasteiger partial charge < -0.3 is 5.11 Å². The fourth-order valence-corrected chi connectivity index (χ4v) is 2.05. The SMILES string of the molecule is Cc1cccc(/C(O)=C/C(=O)C(=O)Nc2nccs2)c1. The van der Waals surface area contributed by atoms with Gasteiger partial charge in [0.1, 0.15) is 5.76 Å². The van der Waals surface area contributed by atoms with E-state index < -0.39 is 11.7 Å². The lowest BCUT2D eigenvalue weighted by molar-refractivity contribution is -0.131. The minimum atomic E-state index is -0.834. The first-order valence-electron chi connectivity index (χ1n) is 5.79. The lowest BCUT2D eigenvalue weighted by Gasteiger charge is -2.01. The summed E-state index contributed by atoms with van der Waals surface area (Å²) in [6.45, 7) is 1.87. The van der Waals surface area contributed by atoms with Crippen molar-refractivity contribution in [3.8, 4) is 0 Å². The molecule has 0 saturated heterocycles. The topological polar surface area (TPSA) is 79.3 Å². The van der Waals surface area contributed by atoms with Crippen molar-refractivity contribution in [3.63, 3.8) is 0 Å². The molecule has 6 heteroatoms. The number of benzene rings is 1. The third kappa shape index (κ3) is 3.52. The van der Waals surface area contributed by atoms with E-state index in [0.717, 1.165) is 11.6 Å². The highest BCUT2D eigenvalue weighted by atomic mass is 32.1. The molecule has 0 aliphatic carbocycles. The van der Waals surface area contributed by atoms with Crippen LogP contribution in [0.15, 0.2) is 41.9 Å². The number of ketones is 1. The molecule has 1 amide bonds. The number of rotatable bonds is 4. The lowest BCUT2D eigenvalue weighted by atomic mass is 10.1. The summed E-state index contributed by atoms with van der Waals surface area (Å²) in [7, 11) is 0. The molecule has 0 bridgehead atoms. The number of aromatic nitrogens is 1. The lowest BCUT2D eigenvalue weighted by Crippen LogP contribution is -2.21. The molecular formula is C14H12N2O3S. The molecule has 1 heterocycles. The summed E-state index contributed by atoms with van der Waals surface area (Å²) >= 11 is 1.21. The monoisotopic (exact) mass is 288 g/mol. The second kappa shape index (κ2) is 6.12. The van der Waals surface area contributed by atoms with Crippen LogP contribution in [0.25, 0.3) is 5.76 Å². The van der Waals surface area contributed by atoms with Crippen LogP contribution in [-0.2, 0) is 9.59 Å². The summed E-state index contributed by atoms with van der Waals surface area (Å²) in [4.78, 5) is 27.1. The first-order chi connectivity index (χ1) is 9.56. The zero-order valence-corrected chi connectivity index (χ0v) is 11.5. The Hall–Kier alpha value is -2.47. The molecule has 1 aromatic carbocycles. The molecule has 2 aromatic rings. The van der Waals surface area contributed by atoms with Crippen molar-refractivity contribution in [1.82, 2.24) is 4.98 Å². The van der Waals surface area contributed by atoms with Gasteiger partial charge in [0.25, 0.3) is 5.91 Å². The van der Waals surface area contributed by atoms with Crippen LogP contribution in [0.3, 0.4) is 0 Å². The minimum absolute atomic E-state index is 0.243. The van der Waals surface area contributed by atoms with Crippen LogP contribution in [0.4, 0.5) is 5.13 Å². The van der Waals surface area contributed by atoms with Crippen molar-refractivity contribution in [2.24, 2.45) is 0 Å². The Morgan fingerprint density at radius 3 is 2.85 bits per heavy atom. The number of aliphatic hydroxyl groups excluding tert-OH is 1. The van der Waals surface area contributed by atoms with Gasteiger partial charge in [-0.15, -0.1) is 11.3 Å². The van der Waals surface area contributed by atoms with Gasteiger partial charge in [-0.3, -0.25) is 14.9 Å². The molecule has 0 saturated carbocycles. The number of anilines is 1. The van der Waals surface area contributed by atoms with Crippen LogP contribution in [-0.4, -0.2) is 21.8 Å². The number of carbonyl (C=O) groups excluding carboxylic acids is 2. The predicted octanol–water partition coefficient (Wildman–Crippen LogP) is 2.56. The summed E-state index contributed by atoms with van der Waals surface area (Å²) < 4.78 is 0. The van der Waals surface area contributed by atoms with E-state index in [0.29, 0.717) is 10.7 Å². The smallest absolute Gasteiger partial charge is 0.298 e. The number of aryl methyl sites for hydroxylation is 1. The van der Waals surface area contributed by atoms with Gasteiger partial charge in [0.15, 0.2) is 5.13 Å². The Morgan fingerprint density at radius 1 is 1.40 bits per heavy atom. The van der Waals surface area contributed by atoms with E-state index in [4.69, 9.17) is 0 Å². The second-order valence-electron chi connectivity index (χ2n) is 4.05. The molecule has 102 valence electrons. The van der Waals surface area contributed by atoms with Gasteiger partial charge in [-0.1, -0.05) is 23.8 Å². The third-order valence-corrected chi connectivity index (χ3v) is 3.15. The molecule has 0 radical (unpaired) electrons. The minimum Gasteiger partial charge on any atom is -0.507 e. The highest BCUT2D eigenvalue weighted by Gasteiger charge is 2.14. The van der Waals surface area contributed by atoms with E-state index in [1.807, 2.05) is 13.0 Å². The maximum atomic E-state index is 11.7. The van der Waals surface area contributed by atoms with Crippen LogP contribution in [0, 0.1) is 6.92 Å². The number of nitrogens with one attached hydrogen (secondary N) is 1. The van der Waals surface area contributed by atoms with Crippen LogP contribution in [0.2, 0.25) is 0 Å². The van der Waals surface area contributed by atoms with E-state index in [1.54, 1.807) is 23.6 Å². The van der Waals surface area contributed by atoms with Crippen molar-refractivity contribution in [2.75, 3.05) is 5.32 Å². The van der Waals surface area contributed by atoms with Crippen LogP contribution in [0.5, 0.6) is 0 Å². The van der Waals surface area contributed by atoms with Gasteiger partial charge in [0.05, 0.1) is 0 Å². The summed E-state index contributed by atoms with van der Waals surface area (Å²) in [6, 6.07) is 7.01. The molecule has 0 atom stereocenters. The van der Waals surface area contributed by atoms with Crippen molar-refractivity contribution in [1.29, 1.82) is 0 Å². The fourth-order valence-electron chi connectivity index (χ4n) is 1.52. The maximum Gasteiger partial charge on any atom is 0.298 e. The van der Waals surface area contributed by atoms with Gasteiger partial charge >= 0.3 is 0 Å². The zero-order valence-electron chi connectivity index (χ0n) is 10.7. The Balaban J connectivity index is 2.09. The van der Waals surface area contributed by atoms with Crippen LogP contribution >= 0.6 is 11.3 Å². The molecule has 2 rings (SSSR count). The quantitative estimate of drug-likeness (QED) is 0.515. The van der Waals surface area contributed by atoms with E-state index >= 15 is 0 Å². The van der Waals surface area contributed by atoms with Gasteiger partial charge in [-0.05, 0) is 13.0 Å². The van der Waals surface area contributed by atoms with Gasteiger partial charge in [-0.2, -0.15) is 0 Å². The Bertz CT molecular complexity index is 663. The van der Waals surface area contributed by atoms with E-state index in [1.165, 1.54) is 17.5 Å². The first kappa shape index (κ1) is 14.0. The van der Waals surface area contributed by atoms with Crippen LogP contribution < -0.4 is 5.32 Å². The van der Waals surface area contributed by atoms with E-state index in [2.05, 4.69) is 10.3 Å². The molecule has 0 unspecified atom stereocenters. The normalized spacial score (nSPS) is 11.2. The summed E-state index contributed by atoms with van der Waals surface area (Å²) in [5.74, 6) is -1.91. The number of hydrogen-bond donors (Lipinski definition) is 2. The molecule has 5 nitrogen and oxygen atoms in total. The molecule has 0 aliphatic heterocycles. The Morgan fingerprint density at radius 2 is 2.20 bits per heavy atom. The zero-order chi connectivity index (χ0) is 14.5. The number of thiazole rings is 1. The average Bonchev–Trinajstić information content (AvgIpc) is 2.91. The second-order valence-corrected chi connectivity index (χ2v) is 4.95. The molecule has 2 N–H and O–H groups in total. The van der Waals surface area contributed by atoms with Gasteiger partial charge in [0, 0.05) is 23.2 Å². The molecular weight excluding hydrogens is 276 g/mol. The summed E-state index contributed by atoms with van der Waals surface area (Å²) in [5.41, 5.74) is 1.43. The van der Waals surface area contributed by atoms with Crippen LogP contribution in [0.1, 0.15) is 11.1 Å². The maximum absolute atomic E-state index is 11.7. The highest BCUT2D eigenvalue weighted by molar-refractivity contribution is 7.13. The number of aliphatic hydroxyl groups is 1. The van der Waals surface area contributed by atoms with Crippen molar-refractivity contribution in [2.45, 2.75) is 6.92 Å². The van der Waals surface area contributed by atoms with E-state index in [9.17, 15) is 14.7 Å². The largest absolute Gasteiger partial charge is 0.507 e. The third-order valence-electron chi connectivity index (χ3n) is 2.46. The van der Waals surface area contributed by atoms with Gasteiger partial charge in [-0.25, -0.2) is 4.98 Å². The molecule has 1 aromatic heterocycles. The van der Waals surface area contributed by atoms with Crippen molar-refractivity contribution in [3.05, 3.63) is 53.0 Å². The van der Waals surface area contributed by atoms with Gasteiger partial charge in [0.2, 0.25) is 5.78 Å². The standard InChI is InChI=1S/C14H12N2O3S/c1-9-3-2-4-10(7-9)11(17)8-12(18)13(19)16-14-15-5-6-20-14/h2-8,17H,1H3,(H,15,16,19)/b11-8-. The number of hydrogen-bond acceptors (Lipinski definition) is 5. The average molecular weight is 288 g/mol. The van der Waals surface area contributed by atoms with E-state index in [-0.39, 0.29) is 5.76 Å². The molecule has 0 aliphatic rings. The Labute approximate surface area is 119 Å². The van der Waals surface area contributed by atoms with Crippen molar-refractivity contribution < 1.29 is 14.7 Å².